The van der Waals surface area contributed by atoms with Gasteiger partial charge in [0.25, 0.3) is 5.91 Å². The molecule has 0 spiro atoms. The van der Waals surface area contributed by atoms with Crippen molar-refractivity contribution in [2.45, 2.75) is 18.9 Å². The molecule has 1 fully saturated rings. The zero-order valence-electron chi connectivity index (χ0n) is 15.0. The second-order valence-electron chi connectivity index (χ2n) is 6.83. The number of carbonyl (C=O) groups excluding carboxylic acids is 1. The van der Waals surface area contributed by atoms with Crippen LogP contribution in [0.25, 0.3) is 10.9 Å². The molecule has 7 heteroatoms. The molecule has 3 aromatic rings. The first-order valence-electron chi connectivity index (χ1n) is 9.07. The molecule has 1 aliphatic rings. The highest BCUT2D eigenvalue weighted by Crippen LogP contribution is 2.28. The van der Waals surface area contributed by atoms with Gasteiger partial charge in [-0.25, -0.2) is 8.78 Å². The standard InChI is InChI=1S/C21H18ClF2N3O/c22-17-3-1-2-15(20(17)24)21(28)26-14-7-10-27(11-8-14)19-6-9-25-18-5-4-13(23)12-16(18)19/h1-6,9,12,14H,7-8,10-11H2,(H,26,28). The van der Waals surface area contributed by atoms with E-state index >= 15 is 0 Å². The first-order chi connectivity index (χ1) is 13.5. The Hall–Kier alpha value is -2.73. The number of rotatable bonds is 3. The molecule has 2 heterocycles. The molecule has 0 unspecified atom stereocenters. The first kappa shape index (κ1) is 18.6. The van der Waals surface area contributed by atoms with E-state index in [-0.39, 0.29) is 22.4 Å². The highest BCUT2D eigenvalue weighted by atomic mass is 35.5. The van der Waals surface area contributed by atoms with Crippen molar-refractivity contribution in [3.05, 3.63) is 70.9 Å². The minimum absolute atomic E-state index is 0.0504. The monoisotopic (exact) mass is 401 g/mol. The summed E-state index contributed by atoms with van der Waals surface area (Å²) < 4.78 is 27.7. The molecule has 4 nitrogen and oxygen atoms in total. The van der Waals surface area contributed by atoms with E-state index in [2.05, 4.69) is 15.2 Å². The molecule has 0 saturated carbocycles. The van der Waals surface area contributed by atoms with Crippen molar-refractivity contribution in [1.29, 1.82) is 0 Å². The zero-order valence-corrected chi connectivity index (χ0v) is 15.7. The SMILES string of the molecule is O=C(NC1CCN(c2ccnc3ccc(F)cc23)CC1)c1cccc(Cl)c1F. The summed E-state index contributed by atoms with van der Waals surface area (Å²) in [6, 6.07) is 10.8. The van der Waals surface area contributed by atoms with Gasteiger partial charge < -0.3 is 10.2 Å². The molecular formula is C21H18ClF2N3O. The van der Waals surface area contributed by atoms with Crippen LogP contribution in [0.5, 0.6) is 0 Å². The molecule has 0 aliphatic carbocycles. The summed E-state index contributed by atoms with van der Waals surface area (Å²) in [4.78, 5) is 18.8. The predicted molar refractivity (Wildman–Crippen MR) is 106 cm³/mol. The maximum atomic E-state index is 14.0. The van der Waals surface area contributed by atoms with Crippen LogP contribution in [0, 0.1) is 11.6 Å². The number of hydrogen-bond acceptors (Lipinski definition) is 3. The van der Waals surface area contributed by atoms with E-state index in [1.165, 1.54) is 24.3 Å². The van der Waals surface area contributed by atoms with Crippen LogP contribution in [-0.2, 0) is 0 Å². The molecule has 4 rings (SSSR count). The van der Waals surface area contributed by atoms with Crippen LogP contribution < -0.4 is 10.2 Å². The van der Waals surface area contributed by atoms with Gasteiger partial charge in [0.2, 0.25) is 0 Å². The average molecular weight is 402 g/mol. The van der Waals surface area contributed by atoms with Crippen LogP contribution in [-0.4, -0.2) is 30.0 Å². The van der Waals surface area contributed by atoms with Crippen LogP contribution in [0.1, 0.15) is 23.2 Å². The number of amides is 1. The Morgan fingerprint density at radius 1 is 1.14 bits per heavy atom. The van der Waals surface area contributed by atoms with Gasteiger partial charge in [0.05, 0.1) is 16.1 Å². The Morgan fingerprint density at radius 3 is 2.71 bits per heavy atom. The summed E-state index contributed by atoms with van der Waals surface area (Å²) in [6.07, 6.45) is 3.12. The van der Waals surface area contributed by atoms with Crippen molar-refractivity contribution in [2.75, 3.05) is 18.0 Å². The van der Waals surface area contributed by atoms with Gasteiger partial charge in [-0.05, 0) is 49.2 Å². The quantitative estimate of drug-likeness (QED) is 0.699. The summed E-state index contributed by atoms with van der Waals surface area (Å²) in [7, 11) is 0. The van der Waals surface area contributed by atoms with Crippen molar-refractivity contribution in [1.82, 2.24) is 10.3 Å². The van der Waals surface area contributed by atoms with Gasteiger partial charge in [-0.15, -0.1) is 0 Å². The van der Waals surface area contributed by atoms with E-state index < -0.39 is 11.7 Å². The molecule has 28 heavy (non-hydrogen) atoms. The minimum atomic E-state index is -0.704. The van der Waals surface area contributed by atoms with Crippen LogP contribution in [0.3, 0.4) is 0 Å². The molecule has 0 radical (unpaired) electrons. The Labute approximate surface area is 166 Å². The fourth-order valence-corrected chi connectivity index (χ4v) is 3.76. The maximum absolute atomic E-state index is 14.0. The van der Waals surface area contributed by atoms with E-state index in [1.807, 2.05) is 6.07 Å². The summed E-state index contributed by atoms with van der Waals surface area (Å²) >= 11 is 5.75. The first-order valence-corrected chi connectivity index (χ1v) is 9.45. The summed E-state index contributed by atoms with van der Waals surface area (Å²) in [5, 5.41) is 3.58. The van der Waals surface area contributed by atoms with E-state index in [0.717, 1.165) is 16.6 Å². The lowest BCUT2D eigenvalue weighted by Crippen LogP contribution is -2.45. The maximum Gasteiger partial charge on any atom is 0.254 e. The highest BCUT2D eigenvalue weighted by Gasteiger charge is 2.24. The summed E-state index contributed by atoms with van der Waals surface area (Å²) in [5.41, 5.74) is 1.62. The van der Waals surface area contributed by atoms with Gasteiger partial charge in [-0.3, -0.25) is 9.78 Å². The molecule has 1 N–H and O–H groups in total. The normalized spacial score (nSPS) is 15.0. The smallest absolute Gasteiger partial charge is 0.254 e. The number of hydrogen-bond donors (Lipinski definition) is 1. The van der Waals surface area contributed by atoms with Crippen LogP contribution in [0.4, 0.5) is 14.5 Å². The Morgan fingerprint density at radius 2 is 1.93 bits per heavy atom. The van der Waals surface area contributed by atoms with Crippen molar-refractivity contribution in [3.8, 4) is 0 Å². The number of carbonyl (C=O) groups is 1. The van der Waals surface area contributed by atoms with E-state index in [9.17, 15) is 13.6 Å². The van der Waals surface area contributed by atoms with E-state index in [0.29, 0.717) is 25.9 Å². The van der Waals surface area contributed by atoms with Crippen molar-refractivity contribution >= 4 is 34.1 Å². The third-order valence-corrected chi connectivity index (χ3v) is 5.34. The topological polar surface area (TPSA) is 45.2 Å². The Balaban J connectivity index is 1.45. The summed E-state index contributed by atoms with van der Waals surface area (Å²) in [5.74, 6) is -1.47. The third-order valence-electron chi connectivity index (χ3n) is 5.05. The lowest BCUT2D eigenvalue weighted by atomic mass is 10.0. The lowest BCUT2D eigenvalue weighted by Gasteiger charge is -2.34. The minimum Gasteiger partial charge on any atom is -0.371 e. The van der Waals surface area contributed by atoms with Crippen molar-refractivity contribution < 1.29 is 13.6 Å². The summed E-state index contributed by atoms with van der Waals surface area (Å²) in [6.45, 7) is 1.39. The molecule has 1 saturated heterocycles. The number of nitrogens with zero attached hydrogens (tertiary/aromatic N) is 2. The molecule has 1 amide bonds. The van der Waals surface area contributed by atoms with Gasteiger partial charge in [-0.2, -0.15) is 0 Å². The highest BCUT2D eigenvalue weighted by molar-refractivity contribution is 6.31. The Kier molecular flexibility index (Phi) is 5.13. The largest absolute Gasteiger partial charge is 0.371 e. The van der Waals surface area contributed by atoms with Gasteiger partial charge in [0.15, 0.2) is 5.82 Å². The second kappa shape index (κ2) is 7.72. The van der Waals surface area contributed by atoms with Crippen molar-refractivity contribution in [3.63, 3.8) is 0 Å². The van der Waals surface area contributed by atoms with Crippen LogP contribution in [0.2, 0.25) is 5.02 Å². The lowest BCUT2D eigenvalue weighted by molar-refractivity contribution is 0.0927. The van der Waals surface area contributed by atoms with Gasteiger partial charge in [0.1, 0.15) is 5.82 Å². The van der Waals surface area contributed by atoms with Crippen LogP contribution >= 0.6 is 11.6 Å². The molecule has 144 valence electrons. The van der Waals surface area contributed by atoms with Gasteiger partial charge in [0, 0.05) is 36.4 Å². The number of piperidine rings is 1. The number of anilines is 1. The molecule has 0 atom stereocenters. The predicted octanol–water partition coefficient (Wildman–Crippen LogP) is 4.57. The number of pyridine rings is 1. The number of benzene rings is 2. The Bertz CT molecular complexity index is 1040. The fraction of sp³-hybridized carbons (Fsp3) is 0.238. The van der Waals surface area contributed by atoms with Crippen molar-refractivity contribution in [2.24, 2.45) is 0 Å². The molecular weight excluding hydrogens is 384 g/mol. The van der Waals surface area contributed by atoms with Crippen LogP contribution in [0.15, 0.2) is 48.7 Å². The zero-order chi connectivity index (χ0) is 19.7. The number of nitrogens with one attached hydrogen (secondary N) is 1. The van der Waals surface area contributed by atoms with E-state index in [4.69, 9.17) is 11.6 Å². The van der Waals surface area contributed by atoms with Gasteiger partial charge >= 0.3 is 0 Å². The number of halogens is 3. The number of fused-ring (bicyclic) bond motifs is 1. The molecule has 1 aliphatic heterocycles. The molecule has 0 bridgehead atoms. The second-order valence-corrected chi connectivity index (χ2v) is 7.23. The third kappa shape index (κ3) is 3.64. The molecule has 2 aromatic carbocycles. The average Bonchev–Trinajstić information content (AvgIpc) is 2.70. The molecule has 1 aromatic heterocycles. The fourth-order valence-electron chi connectivity index (χ4n) is 3.59. The van der Waals surface area contributed by atoms with E-state index in [1.54, 1.807) is 18.3 Å². The van der Waals surface area contributed by atoms with Gasteiger partial charge in [-0.1, -0.05) is 17.7 Å². The number of aromatic nitrogens is 1.